The van der Waals surface area contributed by atoms with Crippen molar-refractivity contribution < 1.29 is 26.5 Å². The molecule has 0 saturated heterocycles. The number of hydrogen-bond donors (Lipinski definition) is 0. The quantitative estimate of drug-likeness (QED) is 0.474. The summed E-state index contributed by atoms with van der Waals surface area (Å²) in [5, 5.41) is 19.3. The molecule has 0 aliphatic carbocycles. The van der Waals surface area contributed by atoms with E-state index in [-0.39, 0.29) is 6.07 Å². The number of halogens is 4. The van der Waals surface area contributed by atoms with Crippen molar-refractivity contribution in [1.82, 2.24) is 0 Å². The minimum atomic E-state index is -5.11. The summed E-state index contributed by atoms with van der Waals surface area (Å²) < 4.78 is 59.8. The molecule has 1 aromatic carbocycles. The van der Waals surface area contributed by atoms with Crippen LogP contribution < -0.4 is 0 Å². The van der Waals surface area contributed by atoms with E-state index in [1.54, 1.807) is 0 Å². The van der Waals surface area contributed by atoms with E-state index in [9.17, 15) is 31.7 Å². The Bertz CT molecular complexity index is 693. The van der Waals surface area contributed by atoms with Crippen molar-refractivity contribution in [3.8, 4) is 6.07 Å². The summed E-state index contributed by atoms with van der Waals surface area (Å²) in [5.74, 6) is 0. The molecule has 0 atom stereocenters. The summed E-state index contributed by atoms with van der Waals surface area (Å²) in [6.07, 6.45) is -5.11. The predicted octanol–water partition coefficient (Wildman–Crippen LogP) is 2.41. The van der Waals surface area contributed by atoms with Crippen LogP contribution in [-0.2, 0) is 15.2 Å². The minimum absolute atomic E-state index is 0.189. The number of benzene rings is 1. The molecule has 0 aliphatic heterocycles. The van der Waals surface area contributed by atoms with Crippen LogP contribution in [0.2, 0.25) is 0 Å². The Morgan fingerprint density at radius 2 is 1.89 bits per heavy atom. The van der Waals surface area contributed by atoms with Gasteiger partial charge in [-0.3, -0.25) is 10.1 Å². The van der Waals surface area contributed by atoms with Gasteiger partial charge in [-0.2, -0.15) is 18.4 Å². The van der Waals surface area contributed by atoms with Crippen LogP contribution in [-0.4, -0.2) is 13.3 Å². The second-order valence-corrected chi connectivity index (χ2v) is 5.67. The number of alkyl halides is 3. The fraction of sp³-hybridized carbons (Fsp3) is 0.125. The van der Waals surface area contributed by atoms with Gasteiger partial charge >= 0.3 is 11.9 Å². The number of nitro benzene ring substituents is 1. The van der Waals surface area contributed by atoms with Crippen LogP contribution in [0.15, 0.2) is 17.0 Å². The largest absolute Gasteiger partial charge is 0.423 e. The first-order valence-electron chi connectivity index (χ1n) is 4.23. The first-order chi connectivity index (χ1) is 8.50. The summed E-state index contributed by atoms with van der Waals surface area (Å²) >= 11 is 0. The van der Waals surface area contributed by atoms with Gasteiger partial charge in [0, 0.05) is 10.7 Å². The highest BCUT2D eigenvalue weighted by atomic mass is 35.7. The maximum absolute atomic E-state index is 12.6. The molecule has 6 nitrogen and oxygen atoms in total. The standard InChI is InChI=1S/C8H2ClF3N2O4S/c9-19(17,18)6-2-1-5(8(10,11)12)7(14(15)16)4(6)3-13/h1-2H. The molecular formula is C8H2ClF3N2O4S. The van der Waals surface area contributed by atoms with Crippen molar-refractivity contribution in [2.45, 2.75) is 11.1 Å². The van der Waals surface area contributed by atoms with Gasteiger partial charge in [0.1, 0.15) is 16.5 Å². The third kappa shape index (κ3) is 2.94. The molecule has 0 aromatic heterocycles. The molecule has 0 bridgehead atoms. The number of nitro groups is 1. The van der Waals surface area contributed by atoms with Crippen LogP contribution in [0.3, 0.4) is 0 Å². The molecule has 0 fully saturated rings. The normalized spacial score (nSPS) is 11.9. The van der Waals surface area contributed by atoms with E-state index in [1.165, 1.54) is 0 Å². The lowest BCUT2D eigenvalue weighted by atomic mass is 10.1. The summed E-state index contributed by atoms with van der Waals surface area (Å²) in [5.41, 5.74) is -4.62. The Labute approximate surface area is 108 Å². The van der Waals surface area contributed by atoms with Gasteiger partial charge in [-0.1, -0.05) is 0 Å². The van der Waals surface area contributed by atoms with Crippen LogP contribution in [0.25, 0.3) is 0 Å². The highest BCUT2D eigenvalue weighted by Gasteiger charge is 2.42. The molecular weight excluding hydrogens is 313 g/mol. The minimum Gasteiger partial charge on any atom is -0.258 e. The van der Waals surface area contributed by atoms with E-state index in [0.29, 0.717) is 6.07 Å². The maximum Gasteiger partial charge on any atom is 0.423 e. The van der Waals surface area contributed by atoms with E-state index in [2.05, 4.69) is 0 Å². The van der Waals surface area contributed by atoms with E-state index < -0.39 is 41.9 Å². The summed E-state index contributed by atoms with van der Waals surface area (Å²) in [7, 11) is 0.317. The molecule has 0 amide bonds. The Kier molecular flexibility index (Phi) is 3.74. The topological polar surface area (TPSA) is 101 Å². The zero-order chi connectivity index (χ0) is 15.0. The van der Waals surface area contributed by atoms with Gasteiger partial charge in [-0.15, -0.1) is 0 Å². The van der Waals surface area contributed by atoms with Crippen LogP contribution >= 0.6 is 10.7 Å². The van der Waals surface area contributed by atoms with E-state index in [0.717, 1.165) is 6.07 Å². The van der Waals surface area contributed by atoms with Crippen molar-refractivity contribution in [3.63, 3.8) is 0 Å². The Morgan fingerprint density at radius 1 is 1.37 bits per heavy atom. The average molecular weight is 315 g/mol. The van der Waals surface area contributed by atoms with Crippen LogP contribution in [0, 0.1) is 21.4 Å². The maximum atomic E-state index is 12.6. The lowest BCUT2D eigenvalue weighted by molar-refractivity contribution is -0.388. The van der Waals surface area contributed by atoms with Crippen LogP contribution in [0.4, 0.5) is 18.9 Å². The predicted molar refractivity (Wildman–Crippen MR) is 55.9 cm³/mol. The Morgan fingerprint density at radius 3 is 2.21 bits per heavy atom. The van der Waals surface area contributed by atoms with Crippen molar-refractivity contribution in [1.29, 1.82) is 5.26 Å². The summed E-state index contributed by atoms with van der Waals surface area (Å²) in [6.45, 7) is 0. The van der Waals surface area contributed by atoms with E-state index in [4.69, 9.17) is 15.9 Å². The molecule has 0 heterocycles. The molecule has 0 spiro atoms. The Balaban J connectivity index is 3.90. The molecule has 19 heavy (non-hydrogen) atoms. The monoisotopic (exact) mass is 314 g/mol. The molecule has 11 heteroatoms. The zero-order valence-electron chi connectivity index (χ0n) is 8.60. The first kappa shape index (κ1) is 15.2. The lowest BCUT2D eigenvalue weighted by Gasteiger charge is -2.09. The number of rotatable bonds is 2. The highest BCUT2D eigenvalue weighted by Crippen LogP contribution is 2.40. The van der Waals surface area contributed by atoms with Gasteiger partial charge in [0.25, 0.3) is 9.05 Å². The molecule has 0 N–H and O–H groups in total. The summed E-state index contributed by atoms with van der Waals surface area (Å²) in [6, 6.07) is 1.65. The van der Waals surface area contributed by atoms with Crippen LogP contribution in [0.5, 0.6) is 0 Å². The smallest absolute Gasteiger partial charge is 0.258 e. The summed E-state index contributed by atoms with van der Waals surface area (Å²) in [4.78, 5) is 8.12. The molecule has 102 valence electrons. The molecule has 1 rings (SSSR count). The Hall–Kier alpha value is -1.86. The second kappa shape index (κ2) is 4.67. The first-order valence-corrected chi connectivity index (χ1v) is 6.54. The van der Waals surface area contributed by atoms with Crippen molar-refractivity contribution >= 4 is 25.4 Å². The van der Waals surface area contributed by atoms with Gasteiger partial charge in [0.2, 0.25) is 0 Å². The molecule has 0 aliphatic rings. The molecule has 0 unspecified atom stereocenters. The van der Waals surface area contributed by atoms with Crippen LogP contribution in [0.1, 0.15) is 11.1 Å². The van der Waals surface area contributed by atoms with Crippen molar-refractivity contribution in [3.05, 3.63) is 33.4 Å². The fourth-order valence-electron chi connectivity index (χ4n) is 1.30. The SMILES string of the molecule is N#Cc1c(S(=O)(=O)Cl)ccc(C(F)(F)F)c1[N+](=O)[O-]. The third-order valence-electron chi connectivity index (χ3n) is 2.00. The molecule has 0 radical (unpaired) electrons. The van der Waals surface area contributed by atoms with Gasteiger partial charge in [0.05, 0.1) is 4.92 Å². The van der Waals surface area contributed by atoms with Crippen molar-refractivity contribution in [2.75, 3.05) is 0 Å². The number of nitriles is 1. The van der Waals surface area contributed by atoms with Gasteiger partial charge in [-0.05, 0) is 12.1 Å². The van der Waals surface area contributed by atoms with E-state index >= 15 is 0 Å². The zero-order valence-corrected chi connectivity index (χ0v) is 10.2. The second-order valence-electron chi connectivity index (χ2n) is 3.14. The van der Waals surface area contributed by atoms with E-state index in [1.807, 2.05) is 0 Å². The fourth-order valence-corrected chi connectivity index (χ4v) is 2.30. The van der Waals surface area contributed by atoms with Gasteiger partial charge in [-0.25, -0.2) is 8.42 Å². The van der Waals surface area contributed by atoms with Gasteiger partial charge in [0.15, 0.2) is 5.56 Å². The molecule has 1 aromatic rings. The third-order valence-corrected chi connectivity index (χ3v) is 3.37. The molecule has 0 saturated carbocycles. The van der Waals surface area contributed by atoms with Crippen molar-refractivity contribution in [2.24, 2.45) is 0 Å². The van der Waals surface area contributed by atoms with Gasteiger partial charge < -0.3 is 0 Å². The average Bonchev–Trinajstić information content (AvgIpc) is 2.24. The lowest BCUT2D eigenvalue weighted by Crippen LogP contribution is -2.12. The number of nitrogens with zero attached hydrogens (tertiary/aromatic N) is 2. The highest BCUT2D eigenvalue weighted by molar-refractivity contribution is 8.13. The number of hydrogen-bond acceptors (Lipinski definition) is 5.